The van der Waals surface area contributed by atoms with E-state index in [1.165, 1.54) is 22.2 Å². The second-order valence-corrected chi connectivity index (χ2v) is 8.55. The van der Waals surface area contributed by atoms with E-state index < -0.39 is 11.9 Å². The molecule has 1 amide bonds. The number of hydrogen-bond acceptors (Lipinski definition) is 4. The van der Waals surface area contributed by atoms with Crippen LogP contribution in [0.1, 0.15) is 26.5 Å². The van der Waals surface area contributed by atoms with Crippen LogP contribution in [0.3, 0.4) is 0 Å². The van der Waals surface area contributed by atoms with E-state index in [-0.39, 0.29) is 12.5 Å². The fourth-order valence-electron chi connectivity index (χ4n) is 2.92. The molecule has 3 aromatic heterocycles. The maximum absolute atomic E-state index is 12.7. The van der Waals surface area contributed by atoms with Gasteiger partial charge < -0.3 is 5.32 Å². The maximum Gasteiger partial charge on any atom is 0.435 e. The van der Waals surface area contributed by atoms with Crippen molar-refractivity contribution in [2.45, 2.75) is 19.3 Å². The van der Waals surface area contributed by atoms with E-state index in [0.717, 1.165) is 16.1 Å². The van der Waals surface area contributed by atoms with Crippen LogP contribution in [0.15, 0.2) is 64.8 Å². The Morgan fingerprint density at radius 2 is 1.94 bits per heavy atom. The zero-order chi connectivity index (χ0) is 22.0. The zero-order valence-corrected chi connectivity index (χ0v) is 18.2. The first-order valence-corrected chi connectivity index (χ1v) is 10.7. The molecule has 0 bridgehead atoms. The Kier molecular flexibility index (Phi) is 5.96. The summed E-state index contributed by atoms with van der Waals surface area (Å²) in [6, 6.07) is 10.0. The molecular formula is C20H15BrF3N5OS. The van der Waals surface area contributed by atoms with Crippen LogP contribution in [-0.4, -0.2) is 25.5 Å². The van der Waals surface area contributed by atoms with Crippen LogP contribution in [0, 0.1) is 0 Å². The number of nitrogens with one attached hydrogen (secondary N) is 1. The minimum absolute atomic E-state index is 0.148. The first kappa shape index (κ1) is 21.3. The van der Waals surface area contributed by atoms with E-state index in [1.807, 2.05) is 24.4 Å². The Bertz CT molecular complexity index is 1210. The minimum Gasteiger partial charge on any atom is -0.321 e. The summed E-state index contributed by atoms with van der Waals surface area (Å²) >= 11 is 4.58. The van der Waals surface area contributed by atoms with E-state index >= 15 is 0 Å². The van der Waals surface area contributed by atoms with E-state index in [1.54, 1.807) is 28.4 Å². The molecule has 4 aromatic rings. The third-order valence-corrected chi connectivity index (χ3v) is 5.67. The first-order chi connectivity index (χ1) is 14.8. The Balaban J connectivity index is 1.40. The average Bonchev–Trinajstić information content (AvgIpc) is 3.44. The monoisotopic (exact) mass is 509 g/mol. The fourth-order valence-corrected chi connectivity index (χ4v) is 4.04. The predicted octanol–water partition coefficient (Wildman–Crippen LogP) is 5.27. The molecule has 0 aliphatic rings. The number of carbonyl (C=O) groups excluding carboxylic acids is 1. The van der Waals surface area contributed by atoms with E-state index in [4.69, 9.17) is 0 Å². The molecule has 31 heavy (non-hydrogen) atoms. The number of alkyl halides is 3. The van der Waals surface area contributed by atoms with Gasteiger partial charge in [-0.2, -0.15) is 23.4 Å². The molecule has 0 spiro atoms. The highest BCUT2D eigenvalue weighted by Crippen LogP contribution is 2.27. The van der Waals surface area contributed by atoms with Crippen molar-refractivity contribution in [1.29, 1.82) is 0 Å². The van der Waals surface area contributed by atoms with Crippen LogP contribution in [0.5, 0.6) is 0 Å². The van der Waals surface area contributed by atoms with Crippen LogP contribution in [0.25, 0.3) is 0 Å². The Hall–Kier alpha value is -2.92. The molecule has 0 saturated carbocycles. The van der Waals surface area contributed by atoms with Gasteiger partial charge in [0.1, 0.15) is 0 Å². The standard InChI is InChI=1S/C20H15BrF3N5OS/c21-15-8-25-29(11-15)9-13-2-1-3-16(6-13)26-19(30)17-7-14(12-31-17)10-28-5-4-18(27-28)20(22,23)24/h1-8,11-12H,9-10H2,(H,26,30). The summed E-state index contributed by atoms with van der Waals surface area (Å²) in [6.45, 7) is 0.705. The van der Waals surface area contributed by atoms with Gasteiger partial charge in [-0.3, -0.25) is 14.2 Å². The number of benzene rings is 1. The van der Waals surface area contributed by atoms with Crippen molar-refractivity contribution < 1.29 is 18.0 Å². The molecule has 6 nitrogen and oxygen atoms in total. The highest BCUT2D eigenvalue weighted by molar-refractivity contribution is 9.10. The number of carbonyl (C=O) groups is 1. The molecule has 0 atom stereocenters. The summed E-state index contributed by atoms with van der Waals surface area (Å²) < 4.78 is 41.9. The second-order valence-electron chi connectivity index (χ2n) is 6.73. The van der Waals surface area contributed by atoms with Crippen molar-refractivity contribution in [2.75, 3.05) is 5.32 Å². The predicted molar refractivity (Wildman–Crippen MR) is 114 cm³/mol. The molecule has 0 radical (unpaired) electrons. The number of amides is 1. The van der Waals surface area contributed by atoms with Crippen LogP contribution >= 0.6 is 27.3 Å². The summed E-state index contributed by atoms with van der Waals surface area (Å²) in [7, 11) is 0. The number of hydrogen-bond donors (Lipinski definition) is 1. The van der Waals surface area contributed by atoms with Gasteiger partial charge >= 0.3 is 6.18 Å². The molecular weight excluding hydrogens is 495 g/mol. The van der Waals surface area contributed by atoms with Gasteiger partial charge in [-0.25, -0.2) is 0 Å². The van der Waals surface area contributed by atoms with Crippen molar-refractivity contribution in [3.05, 3.63) is 86.5 Å². The van der Waals surface area contributed by atoms with Crippen LogP contribution in [0.2, 0.25) is 0 Å². The second kappa shape index (κ2) is 8.67. The minimum atomic E-state index is -4.48. The van der Waals surface area contributed by atoms with Crippen molar-refractivity contribution in [2.24, 2.45) is 0 Å². The van der Waals surface area contributed by atoms with Crippen molar-refractivity contribution in [3.63, 3.8) is 0 Å². The molecule has 0 saturated heterocycles. The summed E-state index contributed by atoms with van der Waals surface area (Å²) in [5, 5.41) is 12.3. The maximum atomic E-state index is 12.7. The summed E-state index contributed by atoms with van der Waals surface area (Å²) in [5.41, 5.74) is 1.37. The van der Waals surface area contributed by atoms with E-state index in [0.29, 0.717) is 22.7 Å². The molecule has 160 valence electrons. The first-order valence-electron chi connectivity index (χ1n) is 9.02. The topological polar surface area (TPSA) is 64.7 Å². The third-order valence-electron chi connectivity index (χ3n) is 4.28. The number of rotatable bonds is 6. The molecule has 3 heterocycles. The van der Waals surface area contributed by atoms with Crippen LogP contribution in [0.4, 0.5) is 18.9 Å². The lowest BCUT2D eigenvalue weighted by atomic mass is 10.2. The molecule has 0 aliphatic heterocycles. The van der Waals surface area contributed by atoms with Crippen molar-refractivity contribution in [1.82, 2.24) is 19.6 Å². The SMILES string of the molecule is O=C(Nc1cccc(Cn2cc(Br)cn2)c1)c1cc(Cn2ccc(C(F)(F)F)n2)cs1. The smallest absolute Gasteiger partial charge is 0.321 e. The van der Waals surface area contributed by atoms with Gasteiger partial charge in [0.15, 0.2) is 5.69 Å². The lowest BCUT2D eigenvalue weighted by molar-refractivity contribution is -0.141. The Morgan fingerprint density at radius 1 is 1.13 bits per heavy atom. The van der Waals surface area contributed by atoms with Gasteiger partial charge in [-0.05, 0) is 56.7 Å². The Morgan fingerprint density at radius 3 is 2.65 bits per heavy atom. The van der Waals surface area contributed by atoms with Gasteiger partial charge in [0.05, 0.1) is 28.6 Å². The number of thiophene rings is 1. The quantitative estimate of drug-likeness (QED) is 0.385. The summed E-state index contributed by atoms with van der Waals surface area (Å²) in [4.78, 5) is 13.1. The van der Waals surface area contributed by atoms with Gasteiger partial charge in [0.2, 0.25) is 0 Å². The van der Waals surface area contributed by atoms with Gasteiger partial charge in [0.25, 0.3) is 5.91 Å². The summed E-state index contributed by atoms with van der Waals surface area (Å²) in [5.74, 6) is -0.285. The normalized spacial score (nSPS) is 11.6. The third kappa shape index (κ3) is 5.42. The molecule has 0 fully saturated rings. The average molecular weight is 510 g/mol. The molecule has 11 heteroatoms. The molecule has 1 aromatic carbocycles. The van der Waals surface area contributed by atoms with Crippen molar-refractivity contribution >= 4 is 38.9 Å². The van der Waals surface area contributed by atoms with Gasteiger partial charge in [-0.15, -0.1) is 11.3 Å². The van der Waals surface area contributed by atoms with E-state index in [9.17, 15) is 18.0 Å². The van der Waals surface area contributed by atoms with E-state index in [2.05, 4.69) is 31.4 Å². The summed E-state index contributed by atoms with van der Waals surface area (Å²) in [6.07, 6.45) is 0.347. The number of aromatic nitrogens is 4. The number of nitrogens with zero attached hydrogens (tertiary/aromatic N) is 4. The largest absolute Gasteiger partial charge is 0.435 e. The molecule has 4 rings (SSSR count). The molecule has 1 N–H and O–H groups in total. The highest BCUT2D eigenvalue weighted by Gasteiger charge is 2.33. The Labute approximate surface area is 187 Å². The highest BCUT2D eigenvalue weighted by atomic mass is 79.9. The number of halogens is 4. The number of anilines is 1. The molecule has 0 unspecified atom stereocenters. The molecule has 0 aliphatic carbocycles. The van der Waals surface area contributed by atoms with Crippen molar-refractivity contribution in [3.8, 4) is 0 Å². The fraction of sp³-hybridized carbons (Fsp3) is 0.150. The van der Waals surface area contributed by atoms with Crippen LogP contribution < -0.4 is 5.32 Å². The van der Waals surface area contributed by atoms with Gasteiger partial charge in [0, 0.05) is 18.1 Å². The lowest BCUT2D eigenvalue weighted by Gasteiger charge is -2.07. The lowest BCUT2D eigenvalue weighted by Crippen LogP contribution is -2.11. The van der Waals surface area contributed by atoms with Crippen LogP contribution in [-0.2, 0) is 19.3 Å². The zero-order valence-electron chi connectivity index (χ0n) is 15.8. The van der Waals surface area contributed by atoms with Gasteiger partial charge in [-0.1, -0.05) is 12.1 Å².